The fraction of sp³-hybridized carbons (Fsp3) is 0.579. The Labute approximate surface area is 144 Å². The van der Waals surface area contributed by atoms with Crippen LogP contribution in [0.1, 0.15) is 57.4 Å². The molecule has 0 aliphatic heterocycles. The molecule has 1 N–H and O–H groups in total. The van der Waals surface area contributed by atoms with Gasteiger partial charge < -0.3 is 14.8 Å². The zero-order valence-corrected chi connectivity index (χ0v) is 14.6. The van der Waals surface area contributed by atoms with E-state index in [0.717, 1.165) is 44.1 Å². The van der Waals surface area contributed by atoms with E-state index >= 15 is 0 Å². The fourth-order valence-electron chi connectivity index (χ4n) is 2.15. The van der Waals surface area contributed by atoms with Crippen molar-refractivity contribution in [2.45, 2.75) is 58.5 Å². The average Bonchev–Trinajstić information content (AvgIpc) is 2.61. The van der Waals surface area contributed by atoms with Gasteiger partial charge in [0.1, 0.15) is 6.61 Å². The van der Waals surface area contributed by atoms with E-state index < -0.39 is 6.09 Å². The van der Waals surface area contributed by atoms with Gasteiger partial charge in [-0.2, -0.15) is 0 Å². The first-order valence-electron chi connectivity index (χ1n) is 8.82. The number of alkyl carbamates (subject to hydrolysis) is 1. The Morgan fingerprint density at radius 1 is 0.958 bits per heavy atom. The first-order chi connectivity index (χ1) is 11.7. The molecule has 0 heterocycles. The van der Waals surface area contributed by atoms with E-state index in [0.29, 0.717) is 19.6 Å². The van der Waals surface area contributed by atoms with Crippen molar-refractivity contribution in [2.24, 2.45) is 0 Å². The predicted octanol–water partition coefficient (Wildman–Crippen LogP) is 4.21. The summed E-state index contributed by atoms with van der Waals surface area (Å²) >= 11 is 0. The van der Waals surface area contributed by atoms with Crippen molar-refractivity contribution < 1.29 is 19.1 Å². The number of esters is 1. The molecule has 1 aromatic carbocycles. The number of unbranched alkanes of at least 4 members (excludes halogenated alkanes) is 4. The normalized spacial score (nSPS) is 10.2. The van der Waals surface area contributed by atoms with Gasteiger partial charge in [0.2, 0.25) is 0 Å². The minimum atomic E-state index is -0.408. The molecule has 1 amide bonds. The van der Waals surface area contributed by atoms with Gasteiger partial charge in [0, 0.05) is 13.0 Å². The largest absolute Gasteiger partial charge is 0.466 e. The van der Waals surface area contributed by atoms with E-state index in [1.54, 1.807) is 0 Å². The molecule has 5 nitrogen and oxygen atoms in total. The maximum atomic E-state index is 11.5. The first kappa shape index (κ1) is 20.0. The minimum absolute atomic E-state index is 0.124. The summed E-state index contributed by atoms with van der Waals surface area (Å²) in [6, 6.07) is 9.56. The third kappa shape index (κ3) is 10.6. The molecule has 0 radical (unpaired) electrons. The van der Waals surface area contributed by atoms with Crippen LogP contribution in [0.3, 0.4) is 0 Å². The van der Waals surface area contributed by atoms with E-state index in [-0.39, 0.29) is 12.6 Å². The van der Waals surface area contributed by atoms with Crippen LogP contribution in [0.4, 0.5) is 4.79 Å². The van der Waals surface area contributed by atoms with Crippen molar-refractivity contribution in [3.8, 4) is 0 Å². The molecule has 1 aromatic rings. The summed E-state index contributed by atoms with van der Waals surface area (Å²) in [5, 5.41) is 2.71. The Morgan fingerprint density at radius 2 is 1.75 bits per heavy atom. The molecular weight excluding hydrogens is 306 g/mol. The smallest absolute Gasteiger partial charge is 0.407 e. The van der Waals surface area contributed by atoms with Crippen molar-refractivity contribution in [3.05, 3.63) is 35.9 Å². The topological polar surface area (TPSA) is 64.6 Å². The highest BCUT2D eigenvalue weighted by Crippen LogP contribution is 2.03. The molecule has 24 heavy (non-hydrogen) atoms. The van der Waals surface area contributed by atoms with Gasteiger partial charge in [0.25, 0.3) is 0 Å². The monoisotopic (exact) mass is 335 g/mol. The Kier molecular flexibility index (Phi) is 11.2. The van der Waals surface area contributed by atoms with Crippen LogP contribution < -0.4 is 5.32 Å². The average molecular weight is 335 g/mol. The number of carbonyl (C=O) groups excluding carboxylic acids is 2. The molecule has 1 rings (SSSR count). The molecule has 0 saturated heterocycles. The van der Waals surface area contributed by atoms with Crippen molar-refractivity contribution >= 4 is 12.1 Å². The summed E-state index contributed by atoms with van der Waals surface area (Å²) in [4.78, 5) is 23.0. The lowest BCUT2D eigenvalue weighted by Gasteiger charge is -2.07. The van der Waals surface area contributed by atoms with Crippen molar-refractivity contribution in [2.75, 3.05) is 13.2 Å². The number of hydrogen-bond acceptors (Lipinski definition) is 4. The lowest BCUT2D eigenvalue weighted by molar-refractivity contribution is -0.143. The van der Waals surface area contributed by atoms with Gasteiger partial charge in [0.15, 0.2) is 0 Å². The Balaban J connectivity index is 1.92. The number of nitrogens with one attached hydrogen (secondary N) is 1. The van der Waals surface area contributed by atoms with E-state index in [1.807, 2.05) is 30.3 Å². The highest BCUT2D eigenvalue weighted by atomic mass is 16.5. The molecule has 0 aliphatic rings. The molecule has 0 spiro atoms. The molecule has 0 aliphatic carbocycles. The standard InChI is InChI=1S/C19H29NO4/c1-2-3-10-15-23-18(21)13-8-5-9-14-20-19(22)24-16-17-11-6-4-7-12-17/h4,6-7,11-12H,2-3,5,8-10,13-16H2,1H3,(H,20,22). The number of carbonyl (C=O) groups is 2. The number of rotatable bonds is 12. The van der Waals surface area contributed by atoms with Gasteiger partial charge >= 0.3 is 12.1 Å². The molecular formula is C19H29NO4. The van der Waals surface area contributed by atoms with Crippen molar-refractivity contribution in [1.29, 1.82) is 0 Å². The second kappa shape index (κ2) is 13.4. The Bertz CT molecular complexity index is 462. The summed E-state index contributed by atoms with van der Waals surface area (Å²) in [6.45, 7) is 3.48. The third-order valence-electron chi connectivity index (χ3n) is 3.55. The van der Waals surface area contributed by atoms with E-state index in [2.05, 4.69) is 12.2 Å². The number of benzene rings is 1. The molecule has 0 aromatic heterocycles. The van der Waals surface area contributed by atoms with Crippen LogP contribution in [0.15, 0.2) is 30.3 Å². The number of hydrogen-bond donors (Lipinski definition) is 1. The van der Waals surface area contributed by atoms with Crippen molar-refractivity contribution in [1.82, 2.24) is 5.32 Å². The molecule has 0 unspecified atom stereocenters. The summed E-state index contributed by atoms with van der Waals surface area (Å²) in [5.74, 6) is -0.124. The molecule has 0 fully saturated rings. The zero-order chi connectivity index (χ0) is 17.5. The molecule has 0 saturated carbocycles. The molecule has 5 heteroatoms. The summed E-state index contributed by atoms with van der Waals surface area (Å²) in [6.07, 6.45) is 5.69. The van der Waals surface area contributed by atoms with Crippen LogP contribution in [-0.4, -0.2) is 25.2 Å². The fourth-order valence-corrected chi connectivity index (χ4v) is 2.15. The van der Waals surface area contributed by atoms with E-state index in [9.17, 15) is 9.59 Å². The van der Waals surface area contributed by atoms with Crippen LogP contribution in [0.25, 0.3) is 0 Å². The summed E-state index contributed by atoms with van der Waals surface area (Å²) < 4.78 is 10.2. The second-order valence-corrected chi connectivity index (χ2v) is 5.73. The maximum Gasteiger partial charge on any atom is 0.407 e. The SMILES string of the molecule is CCCCCOC(=O)CCCCCNC(=O)OCc1ccccc1. The van der Waals surface area contributed by atoms with Crippen LogP contribution in [-0.2, 0) is 20.9 Å². The predicted molar refractivity (Wildman–Crippen MR) is 93.6 cm³/mol. The van der Waals surface area contributed by atoms with Crippen LogP contribution in [0.2, 0.25) is 0 Å². The first-order valence-corrected chi connectivity index (χ1v) is 8.82. The van der Waals surface area contributed by atoms with Crippen LogP contribution in [0.5, 0.6) is 0 Å². The lowest BCUT2D eigenvalue weighted by atomic mass is 10.2. The van der Waals surface area contributed by atoms with Crippen LogP contribution in [0, 0.1) is 0 Å². The second-order valence-electron chi connectivity index (χ2n) is 5.73. The quantitative estimate of drug-likeness (QED) is 0.459. The maximum absolute atomic E-state index is 11.5. The van der Waals surface area contributed by atoms with Gasteiger partial charge in [-0.05, 0) is 24.8 Å². The van der Waals surface area contributed by atoms with Gasteiger partial charge in [-0.25, -0.2) is 4.79 Å². The van der Waals surface area contributed by atoms with Crippen LogP contribution >= 0.6 is 0 Å². The number of ether oxygens (including phenoxy) is 2. The summed E-state index contributed by atoms with van der Waals surface area (Å²) in [5.41, 5.74) is 0.963. The number of amides is 1. The van der Waals surface area contributed by atoms with Crippen molar-refractivity contribution in [3.63, 3.8) is 0 Å². The van der Waals surface area contributed by atoms with Gasteiger partial charge in [-0.15, -0.1) is 0 Å². The van der Waals surface area contributed by atoms with Gasteiger partial charge in [-0.3, -0.25) is 4.79 Å². The summed E-state index contributed by atoms with van der Waals surface area (Å²) in [7, 11) is 0. The Hall–Kier alpha value is -2.04. The van der Waals surface area contributed by atoms with E-state index in [1.165, 1.54) is 0 Å². The lowest BCUT2D eigenvalue weighted by Crippen LogP contribution is -2.25. The molecule has 0 bridgehead atoms. The van der Waals surface area contributed by atoms with E-state index in [4.69, 9.17) is 9.47 Å². The highest BCUT2D eigenvalue weighted by molar-refractivity contribution is 5.69. The molecule has 134 valence electrons. The Morgan fingerprint density at radius 3 is 2.50 bits per heavy atom. The zero-order valence-electron chi connectivity index (χ0n) is 14.6. The molecule has 0 atom stereocenters. The minimum Gasteiger partial charge on any atom is -0.466 e. The third-order valence-corrected chi connectivity index (χ3v) is 3.55. The van der Waals surface area contributed by atoms with Gasteiger partial charge in [0.05, 0.1) is 6.61 Å². The highest BCUT2D eigenvalue weighted by Gasteiger charge is 2.04. The van der Waals surface area contributed by atoms with Gasteiger partial charge in [-0.1, -0.05) is 56.5 Å².